The minimum atomic E-state index is -0.947. The van der Waals surface area contributed by atoms with Gasteiger partial charge in [-0.3, -0.25) is 9.59 Å². The number of cyclic esters (lactones) is 1. The van der Waals surface area contributed by atoms with Crippen molar-refractivity contribution in [3.05, 3.63) is 23.8 Å². The van der Waals surface area contributed by atoms with E-state index in [9.17, 15) is 19.8 Å². The maximum atomic E-state index is 12.7. The van der Waals surface area contributed by atoms with E-state index in [0.717, 1.165) is 5.57 Å². The van der Waals surface area contributed by atoms with Crippen LogP contribution in [0.4, 0.5) is 0 Å². The van der Waals surface area contributed by atoms with Gasteiger partial charge in [-0.05, 0) is 31.8 Å². The first-order chi connectivity index (χ1) is 14.7. The van der Waals surface area contributed by atoms with E-state index in [0.29, 0.717) is 19.3 Å². The summed E-state index contributed by atoms with van der Waals surface area (Å²) in [6.07, 6.45) is 4.57. The molecule has 0 aliphatic carbocycles. The summed E-state index contributed by atoms with van der Waals surface area (Å²) in [6.45, 7) is 7.29. The molecule has 2 rings (SSSR count). The second kappa shape index (κ2) is 11.9. The van der Waals surface area contributed by atoms with E-state index in [1.807, 2.05) is 33.8 Å². The van der Waals surface area contributed by atoms with Gasteiger partial charge in [-0.1, -0.05) is 38.5 Å². The van der Waals surface area contributed by atoms with Crippen LogP contribution in [0.1, 0.15) is 53.4 Å². The van der Waals surface area contributed by atoms with Gasteiger partial charge in [-0.25, -0.2) is 0 Å². The molecule has 2 heterocycles. The lowest BCUT2D eigenvalue weighted by Gasteiger charge is -2.30. The number of ether oxygens (including phenoxy) is 3. The summed E-state index contributed by atoms with van der Waals surface area (Å²) >= 11 is 0. The van der Waals surface area contributed by atoms with E-state index in [1.165, 1.54) is 0 Å². The number of fused-ring (bicyclic) bond motifs is 1. The summed E-state index contributed by atoms with van der Waals surface area (Å²) < 4.78 is 17.0. The smallest absolute Gasteiger partial charge is 0.308 e. The average molecular weight is 439 g/mol. The van der Waals surface area contributed by atoms with E-state index in [-0.39, 0.29) is 42.7 Å². The van der Waals surface area contributed by atoms with Gasteiger partial charge in [0.25, 0.3) is 0 Å². The third-order valence-electron chi connectivity index (χ3n) is 6.54. The molecule has 2 aliphatic heterocycles. The molecule has 2 aliphatic rings. The molecule has 8 unspecified atom stereocenters. The van der Waals surface area contributed by atoms with Crippen molar-refractivity contribution in [2.45, 2.75) is 78.0 Å². The molecule has 31 heavy (non-hydrogen) atoms. The van der Waals surface area contributed by atoms with Crippen molar-refractivity contribution in [3.63, 3.8) is 0 Å². The number of hydrogen-bond acceptors (Lipinski definition) is 7. The molecule has 0 aromatic carbocycles. The molecule has 0 spiro atoms. The van der Waals surface area contributed by atoms with Gasteiger partial charge in [0.2, 0.25) is 0 Å². The van der Waals surface area contributed by atoms with E-state index >= 15 is 0 Å². The first kappa shape index (κ1) is 25.7. The molecule has 1 fully saturated rings. The maximum Gasteiger partial charge on any atom is 0.308 e. The minimum Gasteiger partial charge on any atom is -0.462 e. The predicted molar refractivity (Wildman–Crippen MR) is 116 cm³/mol. The zero-order valence-electron chi connectivity index (χ0n) is 19.3. The number of carbonyl (C=O) groups excluding carboxylic acids is 2. The monoisotopic (exact) mass is 438 g/mol. The Morgan fingerprint density at radius 2 is 1.90 bits per heavy atom. The third-order valence-corrected chi connectivity index (χ3v) is 6.54. The Balaban J connectivity index is 2.34. The lowest BCUT2D eigenvalue weighted by molar-refractivity contribution is -0.158. The Morgan fingerprint density at radius 1 is 1.19 bits per heavy atom. The van der Waals surface area contributed by atoms with E-state index in [4.69, 9.17) is 14.2 Å². The summed E-state index contributed by atoms with van der Waals surface area (Å²) in [5.41, 5.74) is 0.816. The zero-order chi connectivity index (χ0) is 23.1. The van der Waals surface area contributed by atoms with Gasteiger partial charge >= 0.3 is 5.97 Å². The quantitative estimate of drug-likeness (QED) is 0.653. The van der Waals surface area contributed by atoms with Crippen molar-refractivity contribution in [1.82, 2.24) is 0 Å². The van der Waals surface area contributed by atoms with Crippen molar-refractivity contribution in [2.75, 3.05) is 13.7 Å². The highest BCUT2D eigenvalue weighted by molar-refractivity contribution is 5.91. The average Bonchev–Trinajstić information content (AvgIpc) is 3.15. The topological polar surface area (TPSA) is 102 Å². The number of aliphatic hydroxyl groups is 2. The second-order valence-electron chi connectivity index (χ2n) is 8.96. The number of aliphatic hydroxyl groups excluding tert-OH is 2. The molecule has 7 nitrogen and oxygen atoms in total. The lowest BCUT2D eigenvalue weighted by Crippen LogP contribution is -2.37. The van der Waals surface area contributed by atoms with Crippen LogP contribution in [0.5, 0.6) is 0 Å². The molecule has 0 aromatic heterocycles. The Kier molecular flexibility index (Phi) is 9.88. The summed E-state index contributed by atoms with van der Waals surface area (Å²) in [6, 6.07) is 0. The molecule has 0 bridgehead atoms. The van der Waals surface area contributed by atoms with Gasteiger partial charge in [0, 0.05) is 31.3 Å². The molecule has 1 saturated heterocycles. The van der Waals surface area contributed by atoms with Crippen molar-refractivity contribution < 1.29 is 34.0 Å². The first-order valence-corrected chi connectivity index (χ1v) is 11.3. The van der Waals surface area contributed by atoms with Crippen molar-refractivity contribution >= 4 is 11.8 Å². The van der Waals surface area contributed by atoms with Crippen LogP contribution in [0.2, 0.25) is 0 Å². The van der Waals surface area contributed by atoms with Crippen LogP contribution in [0.3, 0.4) is 0 Å². The van der Waals surface area contributed by atoms with Gasteiger partial charge in [-0.2, -0.15) is 0 Å². The van der Waals surface area contributed by atoms with Gasteiger partial charge in [-0.15, -0.1) is 0 Å². The van der Waals surface area contributed by atoms with Crippen molar-refractivity contribution in [2.24, 2.45) is 23.7 Å². The number of ketones is 1. The first-order valence-electron chi connectivity index (χ1n) is 11.3. The normalized spacial score (nSPS) is 38.5. The van der Waals surface area contributed by atoms with Crippen LogP contribution in [0.25, 0.3) is 0 Å². The molecule has 0 saturated carbocycles. The Morgan fingerprint density at radius 3 is 2.52 bits per heavy atom. The molecular weight excluding hydrogens is 400 g/mol. The predicted octanol–water partition coefficient (Wildman–Crippen LogP) is 2.79. The number of allylic oxidation sites excluding steroid dienone is 3. The zero-order valence-corrected chi connectivity index (χ0v) is 19.3. The van der Waals surface area contributed by atoms with Crippen LogP contribution in [-0.2, 0) is 23.8 Å². The molecule has 8 atom stereocenters. The van der Waals surface area contributed by atoms with E-state index in [2.05, 4.69) is 0 Å². The van der Waals surface area contributed by atoms with Gasteiger partial charge < -0.3 is 24.4 Å². The van der Waals surface area contributed by atoms with Gasteiger partial charge in [0.1, 0.15) is 6.10 Å². The molecular formula is C24H38O7. The van der Waals surface area contributed by atoms with Crippen LogP contribution in [0, 0.1) is 23.7 Å². The fourth-order valence-corrected chi connectivity index (χ4v) is 4.54. The Labute approximate surface area is 185 Å². The highest BCUT2D eigenvalue weighted by atomic mass is 16.7. The number of esters is 1. The summed E-state index contributed by atoms with van der Waals surface area (Å²) in [5.74, 6) is -1.39. The van der Waals surface area contributed by atoms with Gasteiger partial charge in [0.05, 0.1) is 25.2 Å². The van der Waals surface area contributed by atoms with Crippen molar-refractivity contribution in [3.8, 4) is 0 Å². The summed E-state index contributed by atoms with van der Waals surface area (Å²) in [4.78, 5) is 25.2. The van der Waals surface area contributed by atoms with E-state index < -0.39 is 30.4 Å². The van der Waals surface area contributed by atoms with Crippen LogP contribution < -0.4 is 0 Å². The summed E-state index contributed by atoms with van der Waals surface area (Å²) in [7, 11) is 1.58. The van der Waals surface area contributed by atoms with Crippen molar-refractivity contribution in [1.29, 1.82) is 0 Å². The number of hydrogen-bond donors (Lipinski definition) is 2. The van der Waals surface area contributed by atoms with Gasteiger partial charge in [0.15, 0.2) is 12.1 Å². The second-order valence-corrected chi connectivity index (χ2v) is 8.96. The largest absolute Gasteiger partial charge is 0.462 e. The Hall–Kier alpha value is -1.54. The molecule has 2 N–H and O–H groups in total. The standard InChI is InChI=1S/C24H38O7/c1-6-21-18(13-25)9-14(2)7-8-19(26)15(3)10-17-11-23(29-5)31-24(17)16(4)20(27)12-22(28)30-21/h7-9,15-18,20-21,23-25,27H,6,10-13H2,1-5H3. The number of methoxy groups -OCH3 is 1. The summed E-state index contributed by atoms with van der Waals surface area (Å²) in [5, 5.41) is 20.6. The Bertz CT molecular complexity index is 671. The molecule has 7 heteroatoms. The highest BCUT2D eigenvalue weighted by Gasteiger charge is 2.42. The highest BCUT2D eigenvalue weighted by Crippen LogP contribution is 2.37. The van der Waals surface area contributed by atoms with Crippen LogP contribution in [0.15, 0.2) is 23.8 Å². The molecule has 0 amide bonds. The van der Waals surface area contributed by atoms with E-state index in [1.54, 1.807) is 19.3 Å². The number of rotatable bonds is 3. The third kappa shape index (κ3) is 6.97. The van der Waals surface area contributed by atoms with Crippen LogP contribution >= 0.6 is 0 Å². The lowest BCUT2D eigenvalue weighted by atomic mass is 9.81. The molecule has 176 valence electrons. The minimum absolute atomic E-state index is 0.0201. The number of carbonyl (C=O) groups is 2. The fourth-order valence-electron chi connectivity index (χ4n) is 4.54. The maximum absolute atomic E-state index is 12.7. The fraction of sp³-hybridized carbons (Fsp3) is 0.750. The molecule has 0 aromatic rings. The molecule has 0 radical (unpaired) electrons. The SMILES string of the molecule is CCC1OC(=O)CC(O)C(C)C2OC(OC)CC2CC(C)C(=O)C=CC(C)=CC1CO. The van der Waals surface area contributed by atoms with Crippen LogP contribution in [-0.4, -0.2) is 60.3 Å².